The Hall–Kier alpha value is -0.910. The Morgan fingerprint density at radius 3 is 2.36 bits per heavy atom. The van der Waals surface area contributed by atoms with Crippen molar-refractivity contribution in [2.45, 2.75) is 4.90 Å². The summed E-state index contributed by atoms with van der Waals surface area (Å²) < 4.78 is 25.5. The largest absolute Gasteiger partial charge is 0.312 e. The summed E-state index contributed by atoms with van der Waals surface area (Å²) in [5, 5.41) is 0. The van der Waals surface area contributed by atoms with Gasteiger partial charge in [0.1, 0.15) is 0 Å². The number of rotatable bonds is 2. The maximum absolute atomic E-state index is 10.8. The van der Waals surface area contributed by atoms with Crippen molar-refractivity contribution < 1.29 is 12.7 Å². The molecule has 59 valence electrons. The van der Waals surface area contributed by atoms with E-state index < -0.39 is 10.1 Å². The van der Waals surface area contributed by atoms with Crippen molar-refractivity contribution in [1.29, 1.82) is 0 Å². The van der Waals surface area contributed by atoms with E-state index in [4.69, 9.17) is 0 Å². The van der Waals surface area contributed by atoms with Gasteiger partial charge in [-0.15, -0.1) is 0 Å². The molecule has 2 N–H and O–H groups in total. The lowest BCUT2D eigenvalue weighted by molar-refractivity contribution is 0.333. The molecule has 0 bridgehead atoms. The van der Waals surface area contributed by atoms with Gasteiger partial charge in [-0.25, -0.2) is 0 Å². The summed E-state index contributed by atoms with van der Waals surface area (Å²) in [6.45, 7) is 0. The van der Waals surface area contributed by atoms with Crippen molar-refractivity contribution in [1.82, 2.24) is 0 Å². The molecule has 0 saturated heterocycles. The predicted molar refractivity (Wildman–Crippen MR) is 37.7 cm³/mol. The van der Waals surface area contributed by atoms with Crippen LogP contribution in [-0.2, 0) is 14.4 Å². The van der Waals surface area contributed by atoms with E-state index in [1.54, 1.807) is 0 Å². The maximum Gasteiger partial charge on any atom is 0.312 e. The zero-order chi connectivity index (χ0) is 8.32. The highest BCUT2D eigenvalue weighted by atomic mass is 32.2. The molecule has 0 aliphatic carbocycles. The highest BCUT2D eigenvalue weighted by molar-refractivity contribution is 7.86. The third-order valence-electron chi connectivity index (χ3n) is 1.10. The first kappa shape index (κ1) is 8.19. The summed E-state index contributed by atoms with van der Waals surface area (Å²) >= 11 is 0. The zero-order valence-corrected chi connectivity index (χ0v) is 6.34. The number of nitrogens with two attached hydrogens (primary N) is 1. The molecule has 1 rings (SSSR count). The fourth-order valence-electron chi connectivity index (χ4n) is 0.594. The van der Waals surface area contributed by atoms with Crippen LogP contribution in [0.15, 0.2) is 29.2 Å². The third-order valence-corrected chi connectivity index (χ3v) is 2.21. The lowest BCUT2D eigenvalue weighted by atomic mass is 10.4. The van der Waals surface area contributed by atoms with Gasteiger partial charge >= 0.3 is 10.1 Å². The second-order valence-corrected chi connectivity index (χ2v) is 3.36. The van der Waals surface area contributed by atoms with E-state index in [1.165, 1.54) is 24.3 Å². The Kier molecular flexibility index (Phi) is 2.23. The van der Waals surface area contributed by atoms with Gasteiger partial charge in [-0.3, -0.25) is 0 Å². The fourth-order valence-corrected chi connectivity index (χ4v) is 1.17. The quantitative estimate of drug-likeness (QED) is 0.641. The monoisotopic (exact) mass is 172 g/mol. The number of benzene rings is 1. The van der Waals surface area contributed by atoms with Gasteiger partial charge in [0, 0.05) is 0 Å². The minimum absolute atomic E-state index is 0.0266. The topological polar surface area (TPSA) is 69.4 Å². The van der Waals surface area contributed by atoms with Crippen LogP contribution in [-0.4, -0.2) is 8.42 Å². The second kappa shape index (κ2) is 3.00. The van der Waals surface area contributed by atoms with Gasteiger partial charge in [0.25, 0.3) is 0 Å². The summed E-state index contributed by atoms with van der Waals surface area (Å²) in [4.78, 5) is 0.0266. The molecule has 1 aromatic rings. The van der Waals surface area contributed by atoms with Gasteiger partial charge in [0.15, 0.2) is 0 Å². The van der Waals surface area contributed by atoms with Crippen molar-refractivity contribution in [2.24, 2.45) is 5.90 Å². The second-order valence-electron chi connectivity index (χ2n) is 1.79. The maximum atomic E-state index is 10.8. The molecule has 0 amide bonds. The normalized spacial score (nSPS) is 11.4. The summed E-state index contributed by atoms with van der Waals surface area (Å²) in [6, 6.07) is 8.30. The van der Waals surface area contributed by atoms with E-state index in [1.807, 2.05) is 0 Å². The van der Waals surface area contributed by atoms with Crippen LogP contribution in [0.3, 0.4) is 0 Å². The van der Waals surface area contributed by atoms with E-state index in [2.05, 4.69) is 16.2 Å². The van der Waals surface area contributed by atoms with Gasteiger partial charge in [0.05, 0.1) is 4.90 Å². The van der Waals surface area contributed by atoms with Gasteiger partial charge in [0.2, 0.25) is 0 Å². The zero-order valence-electron chi connectivity index (χ0n) is 5.52. The van der Waals surface area contributed by atoms with Gasteiger partial charge in [-0.2, -0.15) is 18.6 Å². The van der Waals surface area contributed by atoms with Gasteiger partial charge in [-0.05, 0) is 18.2 Å². The Morgan fingerprint density at radius 2 is 1.91 bits per heavy atom. The lowest BCUT2D eigenvalue weighted by Crippen LogP contribution is -2.10. The molecule has 4 nitrogen and oxygen atoms in total. The average molecular weight is 172 g/mol. The molecule has 0 atom stereocenters. The van der Waals surface area contributed by atoms with Crippen molar-refractivity contribution >= 4 is 10.1 Å². The third kappa shape index (κ3) is 1.76. The fraction of sp³-hybridized carbons (Fsp3) is 0. The SMILES string of the molecule is NOS(=O)(=O)c1cc[c]cc1. The van der Waals surface area contributed by atoms with E-state index in [9.17, 15) is 8.42 Å². The molecule has 0 aliphatic heterocycles. The molecule has 0 aromatic heterocycles. The molecule has 0 aliphatic rings. The van der Waals surface area contributed by atoms with E-state index >= 15 is 0 Å². The summed E-state index contributed by atoms with van der Waals surface area (Å²) in [6.07, 6.45) is 0. The minimum Gasteiger partial charge on any atom is -0.197 e. The first-order chi connectivity index (χ1) is 5.17. The van der Waals surface area contributed by atoms with Crippen LogP contribution in [0.2, 0.25) is 0 Å². The average Bonchev–Trinajstić information content (AvgIpc) is 2.06. The molecule has 0 saturated carbocycles. The van der Waals surface area contributed by atoms with Crippen molar-refractivity contribution in [2.75, 3.05) is 0 Å². The highest BCUT2D eigenvalue weighted by Crippen LogP contribution is 2.07. The Balaban J connectivity index is 3.14. The summed E-state index contributed by atoms with van der Waals surface area (Å²) in [7, 11) is -3.74. The van der Waals surface area contributed by atoms with Crippen LogP contribution < -0.4 is 5.90 Å². The lowest BCUT2D eigenvalue weighted by Gasteiger charge is -1.97. The van der Waals surface area contributed by atoms with Crippen molar-refractivity contribution in [3.8, 4) is 0 Å². The molecule has 0 unspecified atom stereocenters. The van der Waals surface area contributed by atoms with Crippen LogP contribution in [0.25, 0.3) is 0 Å². The number of hydrogen-bond donors (Lipinski definition) is 1. The molecule has 1 radical (unpaired) electrons. The van der Waals surface area contributed by atoms with E-state index in [0.29, 0.717) is 0 Å². The van der Waals surface area contributed by atoms with Crippen LogP contribution in [0, 0.1) is 6.07 Å². The molecular formula is C6H6NO3S. The molecular weight excluding hydrogens is 166 g/mol. The smallest absolute Gasteiger partial charge is 0.197 e. The standard InChI is InChI=1S/C6H6NO3S/c7-10-11(8,9)6-4-2-1-3-5-6/h2-5H,7H2. The van der Waals surface area contributed by atoms with Gasteiger partial charge < -0.3 is 0 Å². The molecule has 0 spiro atoms. The predicted octanol–water partition coefficient (Wildman–Crippen LogP) is 0.0658. The minimum atomic E-state index is -3.74. The molecule has 0 fully saturated rings. The number of hydrogen-bond acceptors (Lipinski definition) is 4. The van der Waals surface area contributed by atoms with Crippen molar-refractivity contribution in [3.05, 3.63) is 30.3 Å². The highest BCUT2D eigenvalue weighted by Gasteiger charge is 2.11. The summed E-state index contributed by atoms with van der Waals surface area (Å²) in [5.74, 6) is 4.54. The van der Waals surface area contributed by atoms with Gasteiger partial charge in [-0.1, -0.05) is 12.1 Å². The molecule has 0 heterocycles. The van der Waals surface area contributed by atoms with Crippen molar-refractivity contribution in [3.63, 3.8) is 0 Å². The summed E-state index contributed by atoms with van der Waals surface area (Å²) in [5.41, 5.74) is 0. The molecule has 5 heteroatoms. The first-order valence-electron chi connectivity index (χ1n) is 2.76. The van der Waals surface area contributed by atoms with Crippen LogP contribution in [0.4, 0.5) is 0 Å². The Morgan fingerprint density at radius 1 is 1.36 bits per heavy atom. The van der Waals surface area contributed by atoms with Crippen LogP contribution >= 0.6 is 0 Å². The first-order valence-corrected chi connectivity index (χ1v) is 4.17. The Labute approximate surface area is 64.7 Å². The van der Waals surface area contributed by atoms with E-state index in [0.717, 1.165) is 0 Å². The molecule has 11 heavy (non-hydrogen) atoms. The molecule has 1 aromatic carbocycles. The van der Waals surface area contributed by atoms with Crippen LogP contribution in [0.5, 0.6) is 0 Å². The Bertz CT molecular complexity index is 319. The van der Waals surface area contributed by atoms with Crippen LogP contribution in [0.1, 0.15) is 0 Å². The van der Waals surface area contributed by atoms with E-state index in [-0.39, 0.29) is 4.90 Å².